The van der Waals surface area contributed by atoms with Crippen molar-refractivity contribution in [3.63, 3.8) is 0 Å². The van der Waals surface area contributed by atoms with Gasteiger partial charge < -0.3 is 10.6 Å². The molecule has 2 heterocycles. The molecule has 1 amide bonds. The number of carbonyl (C=O) groups excluding carboxylic acids is 1. The lowest BCUT2D eigenvalue weighted by atomic mass is 10.2. The van der Waals surface area contributed by atoms with Crippen molar-refractivity contribution in [1.82, 2.24) is 9.88 Å². The SMILES string of the molecule is Cc1cc(N2CCN(C(C)C(N)=O)CC2)ncc1Br. The Kier molecular flexibility index (Phi) is 4.42. The summed E-state index contributed by atoms with van der Waals surface area (Å²) >= 11 is 3.46. The van der Waals surface area contributed by atoms with Crippen molar-refractivity contribution in [2.45, 2.75) is 19.9 Å². The second kappa shape index (κ2) is 5.88. The third-order valence-corrected chi connectivity index (χ3v) is 4.46. The van der Waals surface area contributed by atoms with Gasteiger partial charge in [0.25, 0.3) is 0 Å². The van der Waals surface area contributed by atoms with Crippen molar-refractivity contribution in [3.8, 4) is 0 Å². The number of halogens is 1. The van der Waals surface area contributed by atoms with E-state index in [0.717, 1.165) is 36.5 Å². The van der Waals surface area contributed by atoms with E-state index in [1.54, 1.807) is 0 Å². The molecule has 0 spiro atoms. The number of primary amides is 1. The fourth-order valence-corrected chi connectivity index (χ4v) is 2.43. The molecule has 1 saturated heterocycles. The predicted molar refractivity (Wildman–Crippen MR) is 79.1 cm³/mol. The van der Waals surface area contributed by atoms with E-state index in [1.807, 2.05) is 13.1 Å². The highest BCUT2D eigenvalue weighted by Crippen LogP contribution is 2.21. The van der Waals surface area contributed by atoms with Gasteiger partial charge in [-0.05, 0) is 41.4 Å². The summed E-state index contributed by atoms with van der Waals surface area (Å²) in [5.41, 5.74) is 6.52. The summed E-state index contributed by atoms with van der Waals surface area (Å²) in [6.07, 6.45) is 1.84. The largest absolute Gasteiger partial charge is 0.368 e. The van der Waals surface area contributed by atoms with Crippen LogP contribution >= 0.6 is 15.9 Å². The molecule has 1 aliphatic rings. The number of rotatable bonds is 3. The predicted octanol–water partition coefficient (Wildman–Crippen LogP) is 1.15. The van der Waals surface area contributed by atoms with E-state index in [-0.39, 0.29) is 11.9 Å². The molecule has 1 aromatic rings. The van der Waals surface area contributed by atoms with Gasteiger partial charge in [0.15, 0.2) is 0 Å². The number of nitrogens with two attached hydrogens (primary N) is 1. The Morgan fingerprint density at radius 2 is 2.05 bits per heavy atom. The number of aryl methyl sites for hydroxylation is 1. The van der Waals surface area contributed by atoms with Crippen molar-refractivity contribution in [2.24, 2.45) is 5.73 Å². The average Bonchev–Trinajstić information content (AvgIpc) is 2.41. The van der Waals surface area contributed by atoms with Gasteiger partial charge >= 0.3 is 0 Å². The first-order valence-corrected chi connectivity index (χ1v) is 7.19. The molecule has 1 atom stereocenters. The molecule has 0 radical (unpaired) electrons. The molecule has 0 aliphatic carbocycles. The molecular weight excluding hydrogens is 308 g/mol. The van der Waals surface area contributed by atoms with Gasteiger partial charge in [-0.25, -0.2) is 4.98 Å². The fourth-order valence-electron chi connectivity index (χ4n) is 2.22. The number of pyridine rings is 1. The van der Waals surface area contributed by atoms with Crippen molar-refractivity contribution < 1.29 is 4.79 Å². The van der Waals surface area contributed by atoms with Crippen molar-refractivity contribution in [1.29, 1.82) is 0 Å². The quantitative estimate of drug-likeness (QED) is 0.905. The summed E-state index contributed by atoms with van der Waals surface area (Å²) < 4.78 is 1.03. The van der Waals surface area contributed by atoms with Gasteiger partial charge in [-0.1, -0.05) is 0 Å². The Morgan fingerprint density at radius 3 is 2.58 bits per heavy atom. The van der Waals surface area contributed by atoms with Crippen LogP contribution in [0.25, 0.3) is 0 Å². The van der Waals surface area contributed by atoms with E-state index in [2.05, 4.69) is 43.7 Å². The number of aromatic nitrogens is 1. The summed E-state index contributed by atoms with van der Waals surface area (Å²) in [7, 11) is 0. The number of amides is 1. The summed E-state index contributed by atoms with van der Waals surface area (Å²) in [6.45, 7) is 7.32. The molecule has 1 aliphatic heterocycles. The normalized spacial score (nSPS) is 18.4. The molecule has 5 nitrogen and oxygen atoms in total. The highest BCUT2D eigenvalue weighted by molar-refractivity contribution is 9.10. The lowest BCUT2D eigenvalue weighted by molar-refractivity contribution is -0.122. The number of carbonyl (C=O) groups is 1. The van der Waals surface area contributed by atoms with E-state index in [4.69, 9.17) is 5.73 Å². The molecule has 0 bridgehead atoms. The zero-order chi connectivity index (χ0) is 14.0. The molecule has 2 rings (SSSR count). The third kappa shape index (κ3) is 3.25. The summed E-state index contributed by atoms with van der Waals surface area (Å²) in [6, 6.07) is 1.89. The van der Waals surface area contributed by atoms with Gasteiger partial charge in [0.2, 0.25) is 5.91 Å². The first-order chi connectivity index (χ1) is 8.99. The van der Waals surface area contributed by atoms with Crippen molar-refractivity contribution >= 4 is 27.7 Å². The third-order valence-electron chi connectivity index (χ3n) is 3.63. The van der Waals surface area contributed by atoms with Gasteiger partial charge in [-0.3, -0.25) is 9.69 Å². The van der Waals surface area contributed by atoms with Crippen LogP contribution in [0.2, 0.25) is 0 Å². The molecule has 1 aromatic heterocycles. The Bertz CT molecular complexity index is 472. The standard InChI is InChI=1S/C13H19BrN4O/c1-9-7-12(16-8-11(9)14)18-5-3-17(4-6-18)10(2)13(15)19/h7-8,10H,3-6H2,1-2H3,(H2,15,19). The first-order valence-electron chi connectivity index (χ1n) is 6.39. The minimum absolute atomic E-state index is 0.193. The highest BCUT2D eigenvalue weighted by Gasteiger charge is 2.24. The number of hydrogen-bond donors (Lipinski definition) is 1. The van der Waals surface area contributed by atoms with Crippen LogP contribution in [0.3, 0.4) is 0 Å². The molecular formula is C13H19BrN4O. The minimum atomic E-state index is -0.258. The molecule has 1 fully saturated rings. The topological polar surface area (TPSA) is 62.5 Å². The Labute approximate surface area is 121 Å². The van der Waals surface area contributed by atoms with E-state index in [9.17, 15) is 4.79 Å². The monoisotopic (exact) mass is 326 g/mol. The van der Waals surface area contributed by atoms with Gasteiger partial charge in [-0.2, -0.15) is 0 Å². The summed E-state index contributed by atoms with van der Waals surface area (Å²) in [4.78, 5) is 20.0. The number of anilines is 1. The van der Waals surface area contributed by atoms with Crippen LogP contribution in [0, 0.1) is 6.92 Å². The lowest BCUT2D eigenvalue weighted by Gasteiger charge is -2.37. The maximum atomic E-state index is 11.2. The second-order valence-corrected chi connectivity index (χ2v) is 5.75. The van der Waals surface area contributed by atoms with Gasteiger partial charge in [-0.15, -0.1) is 0 Å². The average molecular weight is 327 g/mol. The van der Waals surface area contributed by atoms with E-state index < -0.39 is 0 Å². The Balaban J connectivity index is 1.99. The van der Waals surface area contributed by atoms with Crippen LogP contribution in [-0.4, -0.2) is 48.0 Å². The van der Waals surface area contributed by atoms with Crippen LogP contribution < -0.4 is 10.6 Å². The van der Waals surface area contributed by atoms with Gasteiger partial charge in [0.05, 0.1) is 6.04 Å². The number of nitrogens with zero attached hydrogens (tertiary/aromatic N) is 3. The maximum absolute atomic E-state index is 11.2. The van der Waals surface area contributed by atoms with Crippen LogP contribution in [0.15, 0.2) is 16.7 Å². The molecule has 6 heteroatoms. The summed E-state index contributed by atoms with van der Waals surface area (Å²) in [5, 5.41) is 0. The zero-order valence-corrected chi connectivity index (χ0v) is 12.9. The van der Waals surface area contributed by atoms with Crippen LogP contribution in [0.1, 0.15) is 12.5 Å². The summed E-state index contributed by atoms with van der Waals surface area (Å²) in [5.74, 6) is 0.734. The Hall–Kier alpha value is -1.14. The van der Waals surface area contributed by atoms with Crippen LogP contribution in [0.5, 0.6) is 0 Å². The molecule has 104 valence electrons. The Morgan fingerprint density at radius 1 is 1.42 bits per heavy atom. The van der Waals surface area contributed by atoms with Crippen molar-refractivity contribution in [3.05, 3.63) is 22.3 Å². The first kappa shape index (κ1) is 14.3. The zero-order valence-electron chi connectivity index (χ0n) is 11.3. The molecule has 1 unspecified atom stereocenters. The van der Waals surface area contributed by atoms with Crippen LogP contribution in [-0.2, 0) is 4.79 Å². The highest BCUT2D eigenvalue weighted by atomic mass is 79.9. The smallest absolute Gasteiger partial charge is 0.234 e. The molecule has 2 N–H and O–H groups in total. The van der Waals surface area contributed by atoms with Crippen molar-refractivity contribution in [2.75, 3.05) is 31.1 Å². The maximum Gasteiger partial charge on any atom is 0.234 e. The van der Waals surface area contributed by atoms with Crippen LogP contribution in [0.4, 0.5) is 5.82 Å². The van der Waals surface area contributed by atoms with Gasteiger partial charge in [0, 0.05) is 36.8 Å². The molecule has 19 heavy (non-hydrogen) atoms. The van der Waals surface area contributed by atoms with E-state index in [1.165, 1.54) is 5.56 Å². The number of hydrogen-bond acceptors (Lipinski definition) is 4. The lowest BCUT2D eigenvalue weighted by Crippen LogP contribution is -2.53. The second-order valence-electron chi connectivity index (χ2n) is 4.89. The number of piperazine rings is 1. The van der Waals surface area contributed by atoms with E-state index in [0.29, 0.717) is 0 Å². The minimum Gasteiger partial charge on any atom is -0.368 e. The van der Waals surface area contributed by atoms with Gasteiger partial charge in [0.1, 0.15) is 5.82 Å². The molecule has 0 aromatic carbocycles. The molecule has 0 saturated carbocycles. The fraction of sp³-hybridized carbons (Fsp3) is 0.538. The van der Waals surface area contributed by atoms with E-state index >= 15 is 0 Å².